The van der Waals surface area contributed by atoms with Gasteiger partial charge >= 0.3 is 0 Å². The molecule has 0 saturated heterocycles. The maximum absolute atomic E-state index is 12.4. The van der Waals surface area contributed by atoms with Crippen molar-refractivity contribution >= 4 is 10.1 Å². The van der Waals surface area contributed by atoms with Crippen molar-refractivity contribution < 1.29 is 26.1 Å². The summed E-state index contributed by atoms with van der Waals surface area (Å²) in [6, 6.07) is 0. The molecule has 0 heterocycles. The highest BCUT2D eigenvalue weighted by Crippen LogP contribution is 2.10. The molecule has 0 radical (unpaired) electrons. The molecule has 1 N–H and O–H groups in total. The summed E-state index contributed by atoms with van der Waals surface area (Å²) in [5.74, 6) is -1.33. The Morgan fingerprint density at radius 2 is 1.75 bits per heavy atom. The van der Waals surface area contributed by atoms with E-state index in [9.17, 15) is 21.6 Å². The molecular formula is C5H9F3O3S. The summed E-state index contributed by atoms with van der Waals surface area (Å²) in [5.41, 5.74) is 0. The lowest BCUT2D eigenvalue weighted by molar-refractivity contribution is 0.163. The fraction of sp³-hybridized carbons (Fsp3) is 1.00. The van der Waals surface area contributed by atoms with Crippen molar-refractivity contribution in [3.05, 3.63) is 0 Å². The minimum Gasteiger partial charge on any atom is -0.285 e. The van der Waals surface area contributed by atoms with Crippen molar-refractivity contribution in [1.29, 1.82) is 0 Å². The van der Waals surface area contributed by atoms with Gasteiger partial charge in [0.25, 0.3) is 10.1 Å². The smallest absolute Gasteiger partial charge is 0.267 e. The maximum Gasteiger partial charge on any atom is 0.267 e. The summed E-state index contributed by atoms with van der Waals surface area (Å²) < 4.78 is 64.2. The van der Waals surface area contributed by atoms with Gasteiger partial charge in [-0.15, -0.1) is 0 Å². The number of rotatable bonds is 5. The number of halogens is 3. The van der Waals surface area contributed by atoms with E-state index in [0.29, 0.717) is 0 Å². The van der Waals surface area contributed by atoms with Crippen LogP contribution in [0.25, 0.3) is 0 Å². The van der Waals surface area contributed by atoms with Crippen LogP contribution in [0.3, 0.4) is 0 Å². The van der Waals surface area contributed by atoms with Gasteiger partial charge < -0.3 is 0 Å². The van der Waals surface area contributed by atoms with Crippen LogP contribution in [0, 0.1) is 0 Å². The van der Waals surface area contributed by atoms with Gasteiger partial charge in [-0.05, 0) is 0 Å². The number of hydrogen-bond donors (Lipinski definition) is 1. The van der Waals surface area contributed by atoms with Crippen LogP contribution >= 0.6 is 0 Å². The van der Waals surface area contributed by atoms with Crippen LogP contribution in [0.2, 0.25) is 0 Å². The molecule has 0 amide bonds. The number of hydrogen-bond acceptors (Lipinski definition) is 2. The van der Waals surface area contributed by atoms with Gasteiger partial charge in [0.2, 0.25) is 0 Å². The number of alkyl halides is 3. The highest BCUT2D eigenvalue weighted by Gasteiger charge is 2.25. The molecule has 7 heteroatoms. The van der Waals surface area contributed by atoms with Gasteiger partial charge in [-0.2, -0.15) is 8.42 Å². The summed E-state index contributed by atoms with van der Waals surface area (Å²) >= 11 is 0. The van der Waals surface area contributed by atoms with E-state index < -0.39 is 41.3 Å². The highest BCUT2D eigenvalue weighted by molar-refractivity contribution is 7.85. The lowest BCUT2D eigenvalue weighted by Crippen LogP contribution is -2.26. The molecule has 2 atom stereocenters. The first-order chi connectivity index (χ1) is 5.37. The second kappa shape index (κ2) is 4.66. The summed E-state index contributed by atoms with van der Waals surface area (Å²) in [7, 11) is -4.52. The van der Waals surface area contributed by atoms with Crippen molar-refractivity contribution in [2.45, 2.75) is 18.8 Å². The normalized spacial score (nSPS) is 17.3. The van der Waals surface area contributed by atoms with Crippen LogP contribution in [-0.2, 0) is 10.1 Å². The average Bonchev–Trinajstić information content (AvgIpc) is 1.84. The monoisotopic (exact) mass is 206 g/mol. The first kappa shape index (κ1) is 11.7. The predicted molar refractivity (Wildman–Crippen MR) is 36.8 cm³/mol. The van der Waals surface area contributed by atoms with Gasteiger partial charge in [-0.1, -0.05) is 0 Å². The SMILES string of the molecule is O=S(=O)(O)CC(F)C(F)CCF. The van der Waals surface area contributed by atoms with E-state index in [4.69, 9.17) is 4.55 Å². The molecule has 0 aliphatic rings. The molecule has 0 aromatic heterocycles. The standard InChI is InChI=1S/C5H9F3O3S/c6-2-1-4(7)5(8)3-12(9,10)11/h4-5H,1-3H2,(H,9,10,11). The van der Waals surface area contributed by atoms with Crippen molar-refractivity contribution in [3.63, 3.8) is 0 Å². The Kier molecular flexibility index (Phi) is 4.54. The molecule has 0 spiro atoms. The Labute approximate surface area is 68.3 Å². The van der Waals surface area contributed by atoms with E-state index >= 15 is 0 Å². The molecule has 0 aromatic carbocycles. The van der Waals surface area contributed by atoms with E-state index in [2.05, 4.69) is 0 Å². The molecule has 3 nitrogen and oxygen atoms in total. The minimum atomic E-state index is -4.52. The van der Waals surface area contributed by atoms with E-state index in [1.165, 1.54) is 0 Å². The highest BCUT2D eigenvalue weighted by atomic mass is 32.2. The average molecular weight is 206 g/mol. The molecule has 12 heavy (non-hydrogen) atoms. The van der Waals surface area contributed by atoms with Gasteiger partial charge in [-0.3, -0.25) is 8.94 Å². The molecule has 0 bridgehead atoms. The lowest BCUT2D eigenvalue weighted by atomic mass is 10.2. The Balaban J connectivity index is 3.95. The van der Waals surface area contributed by atoms with Gasteiger partial charge in [0, 0.05) is 6.42 Å². The molecular weight excluding hydrogens is 197 g/mol. The molecule has 0 aliphatic heterocycles. The van der Waals surface area contributed by atoms with Crippen molar-refractivity contribution in [1.82, 2.24) is 0 Å². The summed E-state index contributed by atoms with van der Waals surface area (Å²) in [4.78, 5) is 0. The molecule has 2 unspecified atom stereocenters. The van der Waals surface area contributed by atoms with Gasteiger partial charge in [0.05, 0.1) is 6.67 Å². The molecule has 74 valence electrons. The van der Waals surface area contributed by atoms with Crippen LogP contribution in [0.1, 0.15) is 6.42 Å². The minimum absolute atomic E-state index is 0.698. The van der Waals surface area contributed by atoms with E-state index in [1.54, 1.807) is 0 Å². The van der Waals surface area contributed by atoms with Crippen molar-refractivity contribution in [2.75, 3.05) is 12.4 Å². The maximum atomic E-state index is 12.4. The van der Waals surface area contributed by atoms with Crippen LogP contribution in [0.15, 0.2) is 0 Å². The predicted octanol–water partition coefficient (Wildman–Crippen LogP) is 0.910. The second-order valence-corrected chi connectivity index (χ2v) is 3.76. The third-order valence-corrected chi connectivity index (χ3v) is 1.89. The van der Waals surface area contributed by atoms with Crippen molar-refractivity contribution in [2.24, 2.45) is 0 Å². The molecule has 0 aromatic rings. The van der Waals surface area contributed by atoms with Crippen LogP contribution < -0.4 is 0 Å². The Morgan fingerprint density at radius 3 is 2.08 bits per heavy atom. The first-order valence-corrected chi connectivity index (χ1v) is 4.77. The second-order valence-electron chi connectivity index (χ2n) is 2.26. The zero-order chi connectivity index (χ0) is 9.78. The molecule has 0 aliphatic carbocycles. The Bertz CT molecular complexity index is 216. The van der Waals surface area contributed by atoms with Gasteiger partial charge in [0.15, 0.2) is 0 Å². The van der Waals surface area contributed by atoms with Crippen LogP contribution in [0.5, 0.6) is 0 Å². The van der Waals surface area contributed by atoms with Crippen LogP contribution in [0.4, 0.5) is 13.2 Å². The van der Waals surface area contributed by atoms with E-state index in [1.807, 2.05) is 0 Å². The van der Waals surface area contributed by atoms with Gasteiger partial charge in [-0.25, -0.2) is 8.78 Å². The Hall–Kier alpha value is -0.300. The fourth-order valence-electron chi connectivity index (χ4n) is 0.591. The molecule has 0 saturated carbocycles. The first-order valence-electron chi connectivity index (χ1n) is 3.16. The summed E-state index contributed by atoms with van der Waals surface area (Å²) in [6.07, 6.45) is -5.25. The van der Waals surface area contributed by atoms with Crippen LogP contribution in [-0.4, -0.2) is 37.7 Å². The van der Waals surface area contributed by atoms with E-state index in [-0.39, 0.29) is 0 Å². The quantitative estimate of drug-likeness (QED) is 0.680. The largest absolute Gasteiger partial charge is 0.285 e. The third kappa shape index (κ3) is 5.36. The van der Waals surface area contributed by atoms with Gasteiger partial charge in [0.1, 0.15) is 18.1 Å². The summed E-state index contributed by atoms with van der Waals surface area (Å²) in [6.45, 7) is -1.06. The van der Waals surface area contributed by atoms with Crippen molar-refractivity contribution in [3.8, 4) is 0 Å². The lowest BCUT2D eigenvalue weighted by Gasteiger charge is -2.09. The zero-order valence-corrected chi connectivity index (χ0v) is 6.90. The van der Waals surface area contributed by atoms with E-state index in [0.717, 1.165) is 0 Å². The Morgan fingerprint density at radius 1 is 1.25 bits per heavy atom. The molecule has 0 fully saturated rings. The fourth-order valence-corrected chi connectivity index (χ4v) is 1.20. The third-order valence-electron chi connectivity index (χ3n) is 1.15. The topological polar surface area (TPSA) is 54.4 Å². The summed E-state index contributed by atoms with van der Waals surface area (Å²) in [5, 5.41) is 0. The molecule has 0 rings (SSSR count). The zero-order valence-electron chi connectivity index (χ0n) is 6.08.